The van der Waals surface area contributed by atoms with Crippen LogP contribution >= 0.6 is 12.8 Å². The summed E-state index contributed by atoms with van der Waals surface area (Å²) in [5.41, 5.74) is 1.19. The maximum atomic E-state index is 3.80. The van der Waals surface area contributed by atoms with Crippen LogP contribution in [0.5, 0.6) is 0 Å². The molecular formula is C5H11NS. The number of hydrogen-bond donors (Lipinski definition) is 2. The molecule has 0 aromatic rings. The molecule has 0 saturated carbocycles. The van der Waals surface area contributed by atoms with E-state index in [1.807, 2.05) is 0 Å². The van der Waals surface area contributed by atoms with Gasteiger partial charge in [-0.3, -0.25) is 4.72 Å². The van der Waals surface area contributed by atoms with E-state index in [2.05, 4.69) is 31.0 Å². The highest BCUT2D eigenvalue weighted by Crippen LogP contribution is 1.91. The summed E-state index contributed by atoms with van der Waals surface area (Å²) in [7, 11) is 0. The summed E-state index contributed by atoms with van der Waals surface area (Å²) in [5, 5.41) is 0. The van der Waals surface area contributed by atoms with Crippen LogP contribution in [0.4, 0.5) is 0 Å². The standard InChI is InChI=1S/C5H11NS/c1-3-5(2)4-6-7/h6-7H,2-4H2,1H3. The van der Waals surface area contributed by atoms with Crippen LogP contribution in [0.1, 0.15) is 13.3 Å². The molecule has 0 rings (SSSR count). The molecule has 0 amide bonds. The van der Waals surface area contributed by atoms with Crippen LogP contribution < -0.4 is 4.72 Å². The van der Waals surface area contributed by atoms with Gasteiger partial charge in [-0.15, -0.1) is 0 Å². The van der Waals surface area contributed by atoms with Crippen LogP contribution in [0.15, 0.2) is 12.2 Å². The van der Waals surface area contributed by atoms with Gasteiger partial charge in [0.25, 0.3) is 0 Å². The lowest BCUT2D eigenvalue weighted by Crippen LogP contribution is -2.02. The van der Waals surface area contributed by atoms with Gasteiger partial charge < -0.3 is 0 Å². The summed E-state index contributed by atoms with van der Waals surface area (Å²) in [6, 6.07) is 0. The third kappa shape index (κ3) is 3.89. The Balaban J connectivity index is 3.00. The molecule has 0 heterocycles. The monoisotopic (exact) mass is 117 g/mol. The lowest BCUT2D eigenvalue weighted by atomic mass is 10.2. The van der Waals surface area contributed by atoms with Crippen molar-refractivity contribution >= 4 is 12.8 Å². The van der Waals surface area contributed by atoms with E-state index in [0.29, 0.717) is 0 Å². The van der Waals surface area contributed by atoms with Gasteiger partial charge in [0.2, 0.25) is 0 Å². The number of thiol groups is 1. The Labute approximate surface area is 50.3 Å². The van der Waals surface area contributed by atoms with Crippen molar-refractivity contribution in [1.29, 1.82) is 0 Å². The van der Waals surface area contributed by atoms with Gasteiger partial charge in [0, 0.05) is 6.54 Å². The first-order valence-corrected chi connectivity index (χ1v) is 2.79. The molecule has 0 bridgehead atoms. The first kappa shape index (κ1) is 7.05. The maximum Gasteiger partial charge on any atom is 0.0264 e. The molecule has 1 nitrogen and oxygen atoms in total. The molecule has 0 aliphatic heterocycles. The highest BCUT2D eigenvalue weighted by Gasteiger charge is 1.82. The molecule has 0 saturated heterocycles. The largest absolute Gasteiger partial charge is 0.263 e. The Kier molecular flexibility index (Phi) is 4.25. The predicted molar refractivity (Wildman–Crippen MR) is 36.4 cm³/mol. The van der Waals surface area contributed by atoms with Crippen LogP contribution in [-0.4, -0.2) is 6.54 Å². The number of nitrogens with one attached hydrogen (secondary N) is 1. The molecule has 0 radical (unpaired) electrons. The summed E-state index contributed by atoms with van der Waals surface area (Å²) in [4.78, 5) is 0. The minimum Gasteiger partial charge on any atom is -0.263 e. The van der Waals surface area contributed by atoms with E-state index >= 15 is 0 Å². The van der Waals surface area contributed by atoms with E-state index in [-0.39, 0.29) is 0 Å². The van der Waals surface area contributed by atoms with Crippen molar-refractivity contribution in [2.24, 2.45) is 0 Å². The van der Waals surface area contributed by atoms with Crippen molar-refractivity contribution in [3.05, 3.63) is 12.2 Å². The summed E-state index contributed by atoms with van der Waals surface area (Å²) < 4.78 is 2.71. The molecule has 0 fully saturated rings. The lowest BCUT2D eigenvalue weighted by molar-refractivity contribution is 0.972. The van der Waals surface area contributed by atoms with E-state index < -0.39 is 0 Å². The van der Waals surface area contributed by atoms with Crippen LogP contribution in [0.25, 0.3) is 0 Å². The van der Waals surface area contributed by atoms with Crippen LogP contribution in [0.2, 0.25) is 0 Å². The van der Waals surface area contributed by atoms with Gasteiger partial charge in [-0.05, 0) is 6.42 Å². The van der Waals surface area contributed by atoms with Crippen LogP contribution in [0.3, 0.4) is 0 Å². The minimum absolute atomic E-state index is 0.819. The Morgan fingerprint density at radius 2 is 2.43 bits per heavy atom. The van der Waals surface area contributed by atoms with Crippen LogP contribution in [0, 0.1) is 0 Å². The van der Waals surface area contributed by atoms with Crippen molar-refractivity contribution in [2.75, 3.05) is 6.54 Å². The Morgan fingerprint density at radius 3 is 2.57 bits per heavy atom. The van der Waals surface area contributed by atoms with Gasteiger partial charge in [0.15, 0.2) is 0 Å². The molecule has 0 spiro atoms. The molecule has 2 heteroatoms. The second-order valence-electron chi connectivity index (χ2n) is 1.44. The zero-order chi connectivity index (χ0) is 5.70. The maximum absolute atomic E-state index is 3.80. The van der Waals surface area contributed by atoms with E-state index in [1.54, 1.807) is 0 Å². The van der Waals surface area contributed by atoms with Crippen molar-refractivity contribution in [1.82, 2.24) is 4.72 Å². The molecule has 0 aliphatic rings. The average molecular weight is 117 g/mol. The lowest BCUT2D eigenvalue weighted by Gasteiger charge is -1.95. The van der Waals surface area contributed by atoms with Crippen LogP contribution in [-0.2, 0) is 0 Å². The summed E-state index contributed by atoms with van der Waals surface area (Å²) in [5.74, 6) is 0. The molecule has 7 heavy (non-hydrogen) atoms. The summed E-state index contributed by atoms with van der Waals surface area (Å²) >= 11 is 3.80. The highest BCUT2D eigenvalue weighted by molar-refractivity contribution is 7.78. The van der Waals surface area contributed by atoms with Gasteiger partial charge >= 0.3 is 0 Å². The smallest absolute Gasteiger partial charge is 0.0264 e. The quantitative estimate of drug-likeness (QED) is 0.420. The molecule has 0 aromatic heterocycles. The molecule has 0 unspecified atom stereocenters. The van der Waals surface area contributed by atoms with Gasteiger partial charge in [0.1, 0.15) is 0 Å². The van der Waals surface area contributed by atoms with Gasteiger partial charge in [-0.1, -0.05) is 31.9 Å². The Hall–Kier alpha value is 0.0500. The van der Waals surface area contributed by atoms with E-state index in [0.717, 1.165) is 13.0 Å². The molecule has 0 aromatic carbocycles. The summed E-state index contributed by atoms with van der Waals surface area (Å²) in [6.07, 6.45) is 1.04. The normalized spacial score (nSPS) is 8.86. The first-order chi connectivity index (χ1) is 3.31. The summed E-state index contributed by atoms with van der Waals surface area (Å²) in [6.45, 7) is 6.65. The number of rotatable bonds is 3. The van der Waals surface area contributed by atoms with Crippen molar-refractivity contribution in [3.63, 3.8) is 0 Å². The molecular weight excluding hydrogens is 106 g/mol. The zero-order valence-corrected chi connectivity index (χ0v) is 5.46. The topological polar surface area (TPSA) is 12.0 Å². The Morgan fingerprint density at radius 1 is 1.86 bits per heavy atom. The minimum atomic E-state index is 0.819. The number of hydrogen-bond acceptors (Lipinski definition) is 2. The molecule has 0 aliphatic carbocycles. The highest BCUT2D eigenvalue weighted by atomic mass is 32.1. The molecule has 42 valence electrons. The fraction of sp³-hybridized carbons (Fsp3) is 0.600. The Bertz CT molecular complexity index is 61.1. The van der Waals surface area contributed by atoms with E-state index in [1.165, 1.54) is 5.57 Å². The predicted octanol–water partition coefficient (Wildman–Crippen LogP) is 1.39. The van der Waals surface area contributed by atoms with Crippen molar-refractivity contribution in [2.45, 2.75) is 13.3 Å². The van der Waals surface area contributed by atoms with E-state index in [4.69, 9.17) is 0 Å². The van der Waals surface area contributed by atoms with Gasteiger partial charge in [-0.25, -0.2) is 0 Å². The third-order valence-corrected chi connectivity index (χ3v) is 0.987. The van der Waals surface area contributed by atoms with Crippen molar-refractivity contribution in [3.8, 4) is 0 Å². The van der Waals surface area contributed by atoms with Crippen molar-refractivity contribution < 1.29 is 0 Å². The van der Waals surface area contributed by atoms with Gasteiger partial charge in [0.05, 0.1) is 0 Å². The average Bonchev–Trinajstić information content (AvgIpc) is 1.68. The molecule has 0 atom stereocenters. The second-order valence-corrected chi connectivity index (χ2v) is 1.75. The van der Waals surface area contributed by atoms with E-state index in [9.17, 15) is 0 Å². The first-order valence-electron chi connectivity index (χ1n) is 2.34. The second kappa shape index (κ2) is 4.22. The SMILES string of the molecule is C=C(CC)CNS. The molecule has 1 N–H and O–H groups in total. The fourth-order valence-corrected chi connectivity index (χ4v) is 0.460. The third-order valence-electron chi connectivity index (χ3n) is 0.829. The van der Waals surface area contributed by atoms with Gasteiger partial charge in [-0.2, -0.15) is 0 Å². The fourth-order valence-electron chi connectivity index (χ4n) is 0.237. The zero-order valence-electron chi connectivity index (χ0n) is 4.57.